The monoisotopic (exact) mass is 366 g/mol. The van der Waals surface area contributed by atoms with Gasteiger partial charge in [-0.1, -0.05) is 24.3 Å². The lowest BCUT2D eigenvalue weighted by Crippen LogP contribution is -2.30. The van der Waals surface area contributed by atoms with Crippen LogP contribution in [0.2, 0.25) is 0 Å². The SMILES string of the molecule is Cc1ccccc1COC(=O)CNC(=O)c1ccc(N2CCCC2=O)cc1. The molecule has 1 aliphatic heterocycles. The number of nitrogens with zero attached hydrogens (tertiary/aromatic N) is 1. The normalized spacial score (nSPS) is 13.5. The van der Waals surface area contributed by atoms with Gasteiger partial charge in [0.15, 0.2) is 0 Å². The first-order chi connectivity index (χ1) is 13.0. The van der Waals surface area contributed by atoms with E-state index in [2.05, 4.69) is 5.32 Å². The lowest BCUT2D eigenvalue weighted by Gasteiger charge is -2.15. The highest BCUT2D eigenvalue weighted by atomic mass is 16.5. The number of aryl methyl sites for hydroxylation is 1. The summed E-state index contributed by atoms with van der Waals surface area (Å²) in [6, 6.07) is 14.4. The van der Waals surface area contributed by atoms with Crippen LogP contribution in [0.4, 0.5) is 5.69 Å². The van der Waals surface area contributed by atoms with Crippen LogP contribution in [0.15, 0.2) is 48.5 Å². The number of carbonyl (C=O) groups is 3. The molecule has 6 nitrogen and oxygen atoms in total. The molecule has 1 N–H and O–H groups in total. The van der Waals surface area contributed by atoms with Crippen LogP contribution in [-0.4, -0.2) is 30.9 Å². The van der Waals surface area contributed by atoms with E-state index >= 15 is 0 Å². The van der Waals surface area contributed by atoms with Gasteiger partial charge >= 0.3 is 5.97 Å². The molecule has 2 amide bonds. The van der Waals surface area contributed by atoms with Crippen LogP contribution in [0.1, 0.15) is 34.3 Å². The zero-order valence-electron chi connectivity index (χ0n) is 15.2. The summed E-state index contributed by atoms with van der Waals surface area (Å²) in [4.78, 5) is 37.5. The summed E-state index contributed by atoms with van der Waals surface area (Å²) in [5.74, 6) is -0.753. The average Bonchev–Trinajstić information content (AvgIpc) is 3.11. The molecule has 140 valence electrons. The molecular formula is C21H22N2O4. The summed E-state index contributed by atoms with van der Waals surface area (Å²) in [5.41, 5.74) is 3.19. The van der Waals surface area contributed by atoms with Crippen molar-refractivity contribution in [1.82, 2.24) is 5.32 Å². The molecule has 0 radical (unpaired) electrons. The van der Waals surface area contributed by atoms with Crippen LogP contribution in [0.3, 0.4) is 0 Å². The Morgan fingerprint density at radius 1 is 1.11 bits per heavy atom. The second-order valence-electron chi connectivity index (χ2n) is 6.47. The van der Waals surface area contributed by atoms with Crippen molar-refractivity contribution < 1.29 is 19.1 Å². The van der Waals surface area contributed by atoms with E-state index < -0.39 is 5.97 Å². The molecule has 0 saturated carbocycles. The number of nitrogens with one attached hydrogen (secondary N) is 1. The summed E-state index contributed by atoms with van der Waals surface area (Å²) < 4.78 is 5.20. The highest BCUT2D eigenvalue weighted by molar-refractivity contribution is 5.98. The Morgan fingerprint density at radius 3 is 2.52 bits per heavy atom. The zero-order valence-corrected chi connectivity index (χ0v) is 15.2. The molecule has 0 aromatic heterocycles. The van der Waals surface area contributed by atoms with Gasteiger partial charge in [-0.05, 0) is 48.7 Å². The van der Waals surface area contributed by atoms with Gasteiger partial charge in [0.2, 0.25) is 5.91 Å². The van der Waals surface area contributed by atoms with E-state index in [4.69, 9.17) is 4.74 Å². The van der Waals surface area contributed by atoms with Crippen LogP contribution in [-0.2, 0) is 20.9 Å². The van der Waals surface area contributed by atoms with Gasteiger partial charge in [-0.3, -0.25) is 14.4 Å². The van der Waals surface area contributed by atoms with Crippen molar-refractivity contribution >= 4 is 23.5 Å². The van der Waals surface area contributed by atoms with Crippen LogP contribution in [0.25, 0.3) is 0 Å². The highest BCUT2D eigenvalue weighted by Gasteiger charge is 2.21. The molecule has 6 heteroatoms. The minimum atomic E-state index is -0.495. The molecular weight excluding hydrogens is 344 g/mol. The largest absolute Gasteiger partial charge is 0.459 e. The maximum atomic E-state index is 12.2. The van der Waals surface area contributed by atoms with Crippen LogP contribution in [0, 0.1) is 6.92 Å². The van der Waals surface area contributed by atoms with E-state index in [1.54, 1.807) is 29.2 Å². The Morgan fingerprint density at radius 2 is 1.85 bits per heavy atom. The molecule has 1 saturated heterocycles. The lowest BCUT2D eigenvalue weighted by atomic mass is 10.1. The number of rotatable bonds is 6. The molecule has 0 unspecified atom stereocenters. The van der Waals surface area contributed by atoms with Gasteiger partial charge in [-0.25, -0.2) is 0 Å². The van der Waals surface area contributed by atoms with Crippen LogP contribution < -0.4 is 10.2 Å². The molecule has 1 aliphatic rings. The molecule has 0 aliphatic carbocycles. The van der Waals surface area contributed by atoms with Crippen molar-refractivity contribution in [2.75, 3.05) is 18.0 Å². The summed E-state index contributed by atoms with van der Waals surface area (Å²) in [6.45, 7) is 2.64. The number of anilines is 1. The topological polar surface area (TPSA) is 75.7 Å². The fraction of sp³-hybridized carbons (Fsp3) is 0.286. The minimum Gasteiger partial charge on any atom is -0.459 e. The van der Waals surface area contributed by atoms with Gasteiger partial charge < -0.3 is 15.0 Å². The van der Waals surface area contributed by atoms with E-state index in [-0.39, 0.29) is 25.0 Å². The Bertz CT molecular complexity index is 846. The molecule has 1 heterocycles. The van der Waals surface area contributed by atoms with Crippen LogP contribution in [0.5, 0.6) is 0 Å². The standard InChI is InChI=1S/C21H22N2O4/c1-15-5-2-3-6-17(15)14-27-20(25)13-22-21(26)16-8-10-18(11-9-16)23-12-4-7-19(23)24/h2-3,5-6,8-11H,4,7,12-14H2,1H3,(H,22,26). The molecule has 0 spiro atoms. The molecule has 2 aromatic rings. The van der Waals surface area contributed by atoms with Crippen molar-refractivity contribution in [3.63, 3.8) is 0 Å². The van der Waals surface area contributed by atoms with E-state index in [0.29, 0.717) is 18.5 Å². The van der Waals surface area contributed by atoms with Gasteiger partial charge in [0.25, 0.3) is 5.91 Å². The summed E-state index contributed by atoms with van der Waals surface area (Å²) in [7, 11) is 0. The quantitative estimate of drug-likeness (QED) is 0.798. The first-order valence-electron chi connectivity index (χ1n) is 8.93. The Hall–Kier alpha value is -3.15. The van der Waals surface area contributed by atoms with Gasteiger partial charge in [0.1, 0.15) is 13.2 Å². The van der Waals surface area contributed by atoms with Crippen molar-refractivity contribution in [3.8, 4) is 0 Å². The van der Waals surface area contributed by atoms with Crippen LogP contribution >= 0.6 is 0 Å². The molecule has 0 atom stereocenters. The van der Waals surface area contributed by atoms with E-state index in [0.717, 1.165) is 23.2 Å². The number of amides is 2. The fourth-order valence-corrected chi connectivity index (χ4v) is 2.95. The molecule has 27 heavy (non-hydrogen) atoms. The first kappa shape index (κ1) is 18.6. The van der Waals surface area contributed by atoms with Crippen molar-refractivity contribution in [1.29, 1.82) is 0 Å². The fourth-order valence-electron chi connectivity index (χ4n) is 2.95. The predicted octanol–water partition coefficient (Wildman–Crippen LogP) is 2.60. The van der Waals surface area contributed by atoms with Gasteiger partial charge in [-0.15, -0.1) is 0 Å². The van der Waals surface area contributed by atoms with Gasteiger partial charge in [0, 0.05) is 24.2 Å². The van der Waals surface area contributed by atoms with Gasteiger partial charge in [-0.2, -0.15) is 0 Å². The first-order valence-corrected chi connectivity index (χ1v) is 8.93. The Balaban J connectivity index is 1.48. The van der Waals surface area contributed by atoms with E-state index in [1.165, 1.54) is 0 Å². The molecule has 0 bridgehead atoms. The van der Waals surface area contributed by atoms with Crippen molar-refractivity contribution in [2.45, 2.75) is 26.4 Å². The van der Waals surface area contributed by atoms with E-state index in [1.807, 2.05) is 31.2 Å². The smallest absolute Gasteiger partial charge is 0.325 e. The Labute approximate surface area is 158 Å². The second kappa shape index (κ2) is 8.49. The highest BCUT2D eigenvalue weighted by Crippen LogP contribution is 2.21. The number of esters is 1. The third-order valence-corrected chi connectivity index (χ3v) is 4.56. The maximum absolute atomic E-state index is 12.2. The van der Waals surface area contributed by atoms with Crippen molar-refractivity contribution in [3.05, 3.63) is 65.2 Å². The number of carbonyl (C=O) groups excluding carboxylic acids is 3. The van der Waals surface area contributed by atoms with Gasteiger partial charge in [0.05, 0.1) is 0 Å². The van der Waals surface area contributed by atoms with E-state index in [9.17, 15) is 14.4 Å². The van der Waals surface area contributed by atoms with Crippen molar-refractivity contribution in [2.24, 2.45) is 0 Å². The summed E-state index contributed by atoms with van der Waals surface area (Å²) in [6.07, 6.45) is 1.42. The minimum absolute atomic E-state index is 0.101. The summed E-state index contributed by atoms with van der Waals surface area (Å²) in [5, 5.41) is 2.55. The average molecular weight is 366 g/mol. The number of ether oxygens (including phenoxy) is 1. The molecule has 1 fully saturated rings. The second-order valence-corrected chi connectivity index (χ2v) is 6.47. The lowest BCUT2D eigenvalue weighted by molar-refractivity contribution is -0.143. The number of benzene rings is 2. The maximum Gasteiger partial charge on any atom is 0.325 e. The molecule has 3 rings (SSSR count). The number of hydrogen-bond acceptors (Lipinski definition) is 4. The number of hydrogen-bond donors (Lipinski definition) is 1. The third kappa shape index (κ3) is 4.73. The summed E-state index contributed by atoms with van der Waals surface area (Å²) >= 11 is 0. The molecule has 2 aromatic carbocycles. The Kier molecular flexibility index (Phi) is 5.86. The zero-order chi connectivity index (χ0) is 19.2. The predicted molar refractivity (Wildman–Crippen MR) is 101 cm³/mol. The third-order valence-electron chi connectivity index (χ3n) is 4.56.